The number of hydrogen-bond donors (Lipinski definition) is 2. The Kier molecular flexibility index (Phi) is 7.04. The van der Waals surface area contributed by atoms with E-state index in [0.717, 1.165) is 25.7 Å². The molecule has 3 aromatic rings. The van der Waals surface area contributed by atoms with Crippen molar-refractivity contribution in [1.29, 1.82) is 0 Å². The van der Waals surface area contributed by atoms with Crippen LogP contribution < -0.4 is 20.1 Å². The minimum Gasteiger partial charge on any atom is -0.494 e. The summed E-state index contributed by atoms with van der Waals surface area (Å²) in [5.74, 6) is -0.0930. The highest BCUT2D eigenvalue weighted by molar-refractivity contribution is 5.68. The zero-order valence-electron chi connectivity index (χ0n) is 18.5. The quantitative estimate of drug-likeness (QED) is 0.371. The lowest BCUT2D eigenvalue weighted by atomic mass is 9.96. The molecule has 0 saturated heterocycles. The summed E-state index contributed by atoms with van der Waals surface area (Å²) in [6, 6.07) is 11.7. The minimum absolute atomic E-state index is 0.107. The number of benzene rings is 2. The lowest BCUT2D eigenvalue weighted by molar-refractivity contribution is -0.274. The number of halogens is 4. The Morgan fingerprint density at radius 2 is 1.76 bits per heavy atom. The number of nitrogens with zero attached hydrogens (tertiary/aromatic N) is 2. The van der Waals surface area contributed by atoms with Gasteiger partial charge in [-0.15, -0.1) is 13.2 Å². The summed E-state index contributed by atoms with van der Waals surface area (Å²) in [4.78, 5) is 9.03. The summed E-state index contributed by atoms with van der Waals surface area (Å²) in [6.45, 7) is 0. The summed E-state index contributed by atoms with van der Waals surface area (Å²) in [6.07, 6.45) is 0.544. The van der Waals surface area contributed by atoms with Crippen molar-refractivity contribution in [3.63, 3.8) is 0 Å². The van der Waals surface area contributed by atoms with Crippen molar-refractivity contribution < 1.29 is 27.0 Å². The van der Waals surface area contributed by atoms with Crippen LogP contribution in [0.15, 0.2) is 48.5 Å². The number of methoxy groups -OCH3 is 1. The molecular formula is C24H24F4N4O2. The molecule has 0 amide bonds. The van der Waals surface area contributed by atoms with Crippen LogP contribution in [0.3, 0.4) is 0 Å². The van der Waals surface area contributed by atoms with Gasteiger partial charge in [0.25, 0.3) is 0 Å². The zero-order valence-corrected chi connectivity index (χ0v) is 18.5. The van der Waals surface area contributed by atoms with Gasteiger partial charge in [0.15, 0.2) is 11.6 Å². The van der Waals surface area contributed by atoms with Gasteiger partial charge >= 0.3 is 6.36 Å². The van der Waals surface area contributed by atoms with E-state index in [4.69, 9.17) is 4.74 Å². The van der Waals surface area contributed by atoms with E-state index in [2.05, 4.69) is 25.3 Å². The van der Waals surface area contributed by atoms with Crippen molar-refractivity contribution >= 4 is 17.5 Å². The first-order valence-corrected chi connectivity index (χ1v) is 10.9. The third-order valence-corrected chi connectivity index (χ3v) is 5.45. The number of ether oxygens (including phenoxy) is 2. The van der Waals surface area contributed by atoms with E-state index in [0.29, 0.717) is 28.7 Å². The highest BCUT2D eigenvalue weighted by Gasteiger charge is 2.31. The summed E-state index contributed by atoms with van der Waals surface area (Å²) in [7, 11) is 1.38. The number of nitrogens with one attached hydrogen (secondary N) is 2. The molecule has 4 rings (SSSR count). The third kappa shape index (κ3) is 6.27. The fraction of sp³-hybridized carbons (Fsp3) is 0.333. The van der Waals surface area contributed by atoms with Crippen LogP contribution in [0.5, 0.6) is 11.5 Å². The molecule has 6 nitrogen and oxygen atoms in total. The predicted octanol–water partition coefficient (Wildman–Crippen LogP) is 6.68. The Morgan fingerprint density at radius 1 is 0.971 bits per heavy atom. The molecule has 0 atom stereocenters. The van der Waals surface area contributed by atoms with Gasteiger partial charge < -0.3 is 20.1 Å². The second kappa shape index (κ2) is 10.1. The second-order valence-electron chi connectivity index (χ2n) is 7.99. The molecule has 2 aromatic carbocycles. The molecule has 0 spiro atoms. The molecule has 1 aliphatic rings. The van der Waals surface area contributed by atoms with E-state index in [1.54, 1.807) is 18.2 Å². The van der Waals surface area contributed by atoms with Crippen LogP contribution in [-0.4, -0.2) is 29.5 Å². The summed E-state index contributed by atoms with van der Waals surface area (Å²) >= 11 is 0. The Labute approximate surface area is 194 Å². The van der Waals surface area contributed by atoms with E-state index in [1.165, 1.54) is 43.9 Å². The average Bonchev–Trinajstić information content (AvgIpc) is 2.79. The van der Waals surface area contributed by atoms with Crippen LogP contribution >= 0.6 is 0 Å². The maximum absolute atomic E-state index is 14.1. The van der Waals surface area contributed by atoms with Gasteiger partial charge in [-0.1, -0.05) is 31.4 Å². The average molecular weight is 476 g/mol. The molecule has 1 aromatic heterocycles. The van der Waals surface area contributed by atoms with Gasteiger partial charge in [-0.25, -0.2) is 9.37 Å². The van der Waals surface area contributed by atoms with Gasteiger partial charge in [0.2, 0.25) is 5.95 Å². The Balaban J connectivity index is 1.67. The first-order valence-electron chi connectivity index (χ1n) is 10.9. The van der Waals surface area contributed by atoms with Crippen LogP contribution in [0, 0.1) is 5.82 Å². The topological polar surface area (TPSA) is 68.3 Å². The lowest BCUT2D eigenvalue weighted by Crippen LogP contribution is -2.23. The van der Waals surface area contributed by atoms with E-state index >= 15 is 0 Å². The largest absolute Gasteiger partial charge is 0.573 e. The number of rotatable bonds is 7. The van der Waals surface area contributed by atoms with Crippen molar-refractivity contribution in [1.82, 2.24) is 9.97 Å². The maximum Gasteiger partial charge on any atom is 0.573 e. The van der Waals surface area contributed by atoms with Crippen molar-refractivity contribution in [2.45, 2.75) is 44.5 Å². The van der Waals surface area contributed by atoms with Crippen molar-refractivity contribution in [2.24, 2.45) is 0 Å². The molecule has 10 heteroatoms. The molecule has 180 valence electrons. The van der Waals surface area contributed by atoms with Crippen LogP contribution in [0.2, 0.25) is 0 Å². The molecule has 1 heterocycles. The van der Waals surface area contributed by atoms with Crippen molar-refractivity contribution in [3.8, 4) is 22.8 Å². The predicted molar refractivity (Wildman–Crippen MR) is 121 cm³/mol. The number of aromatic nitrogens is 2. The van der Waals surface area contributed by atoms with Crippen molar-refractivity contribution in [3.05, 3.63) is 54.3 Å². The first-order chi connectivity index (χ1) is 16.3. The highest BCUT2D eigenvalue weighted by Crippen LogP contribution is 2.30. The highest BCUT2D eigenvalue weighted by atomic mass is 19.4. The van der Waals surface area contributed by atoms with Gasteiger partial charge in [-0.05, 0) is 37.1 Å². The van der Waals surface area contributed by atoms with Gasteiger partial charge in [0.1, 0.15) is 11.6 Å². The van der Waals surface area contributed by atoms with Crippen LogP contribution in [0.25, 0.3) is 11.3 Å². The van der Waals surface area contributed by atoms with E-state index in [9.17, 15) is 17.6 Å². The Hall–Kier alpha value is -3.56. The van der Waals surface area contributed by atoms with Gasteiger partial charge in [0.05, 0.1) is 12.8 Å². The third-order valence-electron chi connectivity index (χ3n) is 5.45. The van der Waals surface area contributed by atoms with Crippen LogP contribution in [-0.2, 0) is 0 Å². The zero-order chi connectivity index (χ0) is 24.1. The number of alkyl halides is 3. The summed E-state index contributed by atoms with van der Waals surface area (Å²) in [5, 5.41) is 6.37. The van der Waals surface area contributed by atoms with Crippen LogP contribution in [0.1, 0.15) is 32.1 Å². The van der Waals surface area contributed by atoms with Crippen molar-refractivity contribution in [2.75, 3.05) is 17.7 Å². The summed E-state index contributed by atoms with van der Waals surface area (Å²) in [5.41, 5.74) is 1.23. The molecule has 0 unspecified atom stereocenters. The van der Waals surface area contributed by atoms with Gasteiger partial charge in [-0.3, -0.25) is 0 Å². The smallest absolute Gasteiger partial charge is 0.494 e. The fourth-order valence-corrected chi connectivity index (χ4v) is 3.90. The summed E-state index contributed by atoms with van der Waals surface area (Å²) < 4.78 is 61.2. The minimum atomic E-state index is -4.80. The Bertz CT molecular complexity index is 1130. The van der Waals surface area contributed by atoms with Gasteiger partial charge in [-0.2, -0.15) is 4.98 Å². The fourth-order valence-electron chi connectivity index (χ4n) is 3.90. The normalized spacial score (nSPS) is 14.5. The maximum atomic E-state index is 14.1. The standard InChI is InChI=1S/C24H24F4N4O2/c1-33-21-11-10-17(13-19(21)25)29-22-14-20(15-6-5-9-18(12-15)34-24(26,27)28)31-23(32-22)30-16-7-3-2-4-8-16/h5-6,9-14,16H,2-4,7-8H2,1H3,(H2,29,30,31,32). The number of anilines is 3. The molecule has 1 saturated carbocycles. The molecule has 0 radical (unpaired) electrons. The second-order valence-corrected chi connectivity index (χ2v) is 7.99. The van der Waals surface area contributed by atoms with Crippen LogP contribution in [0.4, 0.5) is 35.0 Å². The molecule has 34 heavy (non-hydrogen) atoms. The van der Waals surface area contributed by atoms with Gasteiger partial charge in [0, 0.05) is 29.4 Å². The van der Waals surface area contributed by atoms with E-state index in [1.807, 2.05) is 0 Å². The molecule has 0 bridgehead atoms. The molecule has 0 aliphatic heterocycles. The monoisotopic (exact) mass is 476 g/mol. The Morgan fingerprint density at radius 3 is 2.47 bits per heavy atom. The molecule has 1 fully saturated rings. The van der Waals surface area contributed by atoms with E-state index in [-0.39, 0.29) is 17.5 Å². The SMILES string of the molecule is COc1ccc(Nc2cc(-c3cccc(OC(F)(F)F)c3)nc(NC3CCCCC3)n2)cc1F. The first kappa shape index (κ1) is 23.6. The number of hydrogen-bond acceptors (Lipinski definition) is 6. The molecule has 1 aliphatic carbocycles. The lowest BCUT2D eigenvalue weighted by Gasteiger charge is -2.23. The molecule has 2 N–H and O–H groups in total. The molecular weight excluding hydrogens is 452 g/mol. The van der Waals surface area contributed by atoms with E-state index < -0.39 is 12.2 Å².